The maximum atomic E-state index is 12.3. The van der Waals surface area contributed by atoms with Gasteiger partial charge in [0.15, 0.2) is 0 Å². The molecule has 33 heavy (non-hydrogen) atoms. The van der Waals surface area contributed by atoms with Crippen LogP contribution in [0.1, 0.15) is 38.7 Å². The Balaban J connectivity index is 0.000000383. The Bertz CT molecular complexity index is 1040. The molecule has 1 saturated carbocycles. The summed E-state index contributed by atoms with van der Waals surface area (Å²) in [6, 6.07) is 22.8. The molecule has 0 radical (unpaired) electrons. The lowest BCUT2D eigenvalue weighted by molar-refractivity contribution is -0.192. The lowest BCUT2D eigenvalue weighted by Crippen LogP contribution is -2.22. The number of carbonyl (C=O) groups excluding carboxylic acids is 1. The molecule has 174 valence electrons. The van der Waals surface area contributed by atoms with E-state index in [-0.39, 0.29) is 5.91 Å². The zero-order valence-electron chi connectivity index (χ0n) is 17.5. The summed E-state index contributed by atoms with van der Waals surface area (Å²) in [7, 11) is 0. The molecule has 4 rings (SSSR count). The van der Waals surface area contributed by atoms with Gasteiger partial charge < -0.3 is 15.7 Å². The van der Waals surface area contributed by atoms with Crippen LogP contribution in [0.4, 0.5) is 13.2 Å². The van der Waals surface area contributed by atoms with Crippen molar-refractivity contribution in [2.45, 2.75) is 37.6 Å². The summed E-state index contributed by atoms with van der Waals surface area (Å²) in [5.41, 5.74) is 3.14. The van der Waals surface area contributed by atoms with E-state index in [0.717, 1.165) is 12.1 Å². The highest BCUT2D eigenvalue weighted by Gasteiger charge is 2.38. The first kappa shape index (κ1) is 24.5. The van der Waals surface area contributed by atoms with Gasteiger partial charge in [-0.2, -0.15) is 13.2 Å². The number of alkyl halides is 3. The van der Waals surface area contributed by atoms with Crippen LogP contribution >= 0.6 is 11.3 Å². The van der Waals surface area contributed by atoms with E-state index < -0.39 is 12.1 Å². The van der Waals surface area contributed by atoms with Crippen molar-refractivity contribution in [3.05, 3.63) is 93.7 Å². The van der Waals surface area contributed by atoms with Crippen molar-refractivity contribution in [1.29, 1.82) is 0 Å². The van der Waals surface area contributed by atoms with Crippen LogP contribution in [0.3, 0.4) is 0 Å². The van der Waals surface area contributed by atoms with Crippen LogP contribution in [-0.4, -0.2) is 29.2 Å². The number of hydrogen-bond acceptors (Lipinski definition) is 4. The van der Waals surface area contributed by atoms with Crippen molar-refractivity contribution in [2.75, 3.05) is 0 Å². The second-order valence-corrected chi connectivity index (χ2v) is 8.53. The van der Waals surface area contributed by atoms with Gasteiger partial charge in [-0.05, 0) is 41.1 Å². The molecule has 1 aliphatic carbocycles. The third kappa shape index (κ3) is 7.73. The molecule has 1 heterocycles. The van der Waals surface area contributed by atoms with E-state index in [1.807, 2.05) is 42.5 Å². The fourth-order valence-electron chi connectivity index (χ4n) is 3.20. The van der Waals surface area contributed by atoms with Gasteiger partial charge in [0, 0.05) is 35.5 Å². The van der Waals surface area contributed by atoms with E-state index in [1.165, 1.54) is 16.9 Å². The summed E-state index contributed by atoms with van der Waals surface area (Å²) in [4.78, 5) is 22.6. The van der Waals surface area contributed by atoms with Gasteiger partial charge in [-0.15, -0.1) is 11.3 Å². The standard InChI is InChI=1S/C22H22N2OS.C2HF3O2/c25-22(24-14-16-5-2-1-3-6-16)18-10-8-17(9-11-18)20-13-21(20)23-15-19-7-4-12-26-19;3-2(4,5)1(6)7/h1-12,20-21,23H,13-15H2,(H,24,25);(H,6,7)/t20-,21+;/m0./s1. The van der Waals surface area contributed by atoms with E-state index in [9.17, 15) is 18.0 Å². The number of carboxylic acid groups (broad SMARTS) is 1. The van der Waals surface area contributed by atoms with Crippen molar-refractivity contribution in [1.82, 2.24) is 10.6 Å². The molecule has 1 aromatic heterocycles. The second kappa shape index (κ2) is 11.1. The summed E-state index contributed by atoms with van der Waals surface area (Å²) in [6.07, 6.45) is -3.91. The van der Waals surface area contributed by atoms with Crippen LogP contribution in [0.25, 0.3) is 0 Å². The van der Waals surface area contributed by atoms with E-state index in [4.69, 9.17) is 9.90 Å². The minimum atomic E-state index is -5.08. The van der Waals surface area contributed by atoms with Gasteiger partial charge in [-0.3, -0.25) is 4.79 Å². The summed E-state index contributed by atoms with van der Waals surface area (Å²) >= 11 is 1.79. The van der Waals surface area contributed by atoms with Crippen LogP contribution in [-0.2, 0) is 17.9 Å². The average molecular weight is 477 g/mol. The highest BCUT2D eigenvalue weighted by molar-refractivity contribution is 7.09. The molecule has 1 fully saturated rings. The number of benzene rings is 2. The molecule has 0 saturated heterocycles. The maximum absolute atomic E-state index is 12.3. The molecule has 2 aromatic carbocycles. The predicted molar refractivity (Wildman–Crippen MR) is 120 cm³/mol. The Morgan fingerprint density at radius 1 is 0.970 bits per heavy atom. The summed E-state index contributed by atoms with van der Waals surface area (Å²) in [6.45, 7) is 1.50. The number of carbonyl (C=O) groups is 2. The molecule has 9 heteroatoms. The summed E-state index contributed by atoms with van der Waals surface area (Å²) < 4.78 is 31.7. The fourth-order valence-corrected chi connectivity index (χ4v) is 3.85. The normalized spacial score (nSPS) is 16.9. The molecule has 0 bridgehead atoms. The van der Waals surface area contributed by atoms with Crippen molar-refractivity contribution in [2.24, 2.45) is 0 Å². The van der Waals surface area contributed by atoms with Crippen LogP contribution in [0, 0.1) is 0 Å². The third-order valence-electron chi connectivity index (χ3n) is 5.05. The Morgan fingerprint density at radius 2 is 1.64 bits per heavy atom. The lowest BCUT2D eigenvalue weighted by atomic mass is 10.1. The van der Waals surface area contributed by atoms with Crippen LogP contribution in [0.5, 0.6) is 0 Å². The molecule has 0 spiro atoms. The smallest absolute Gasteiger partial charge is 0.475 e. The summed E-state index contributed by atoms with van der Waals surface area (Å²) in [5, 5.41) is 15.8. The van der Waals surface area contributed by atoms with Crippen molar-refractivity contribution >= 4 is 23.2 Å². The zero-order chi connectivity index (χ0) is 23.8. The maximum Gasteiger partial charge on any atom is 0.490 e. The number of carboxylic acids is 1. The van der Waals surface area contributed by atoms with E-state index in [0.29, 0.717) is 24.1 Å². The highest BCUT2D eigenvalue weighted by Crippen LogP contribution is 2.41. The number of aliphatic carboxylic acids is 1. The Labute approximate surface area is 193 Å². The molecular formula is C24H23F3N2O3S. The van der Waals surface area contributed by atoms with E-state index in [2.05, 4.69) is 40.3 Å². The van der Waals surface area contributed by atoms with Gasteiger partial charge >= 0.3 is 12.1 Å². The van der Waals surface area contributed by atoms with Crippen molar-refractivity contribution in [3.63, 3.8) is 0 Å². The van der Waals surface area contributed by atoms with Gasteiger partial charge in [0.25, 0.3) is 5.91 Å². The number of thiophene rings is 1. The van der Waals surface area contributed by atoms with Crippen molar-refractivity contribution in [3.8, 4) is 0 Å². The molecule has 5 nitrogen and oxygen atoms in total. The van der Waals surface area contributed by atoms with Crippen LogP contribution in [0.2, 0.25) is 0 Å². The Kier molecular flexibility index (Phi) is 8.24. The largest absolute Gasteiger partial charge is 0.490 e. The number of amides is 1. The number of halogens is 3. The minimum Gasteiger partial charge on any atom is -0.475 e. The molecule has 0 unspecified atom stereocenters. The molecular weight excluding hydrogens is 453 g/mol. The SMILES string of the molecule is O=C(NCc1ccccc1)c1ccc([C@@H]2C[C@H]2NCc2cccs2)cc1.O=C(O)C(F)(F)F. The molecule has 1 aliphatic rings. The molecule has 3 aromatic rings. The molecule has 2 atom stereocenters. The first-order chi connectivity index (χ1) is 15.7. The number of rotatable bonds is 7. The minimum absolute atomic E-state index is 0.0245. The lowest BCUT2D eigenvalue weighted by Gasteiger charge is -2.07. The van der Waals surface area contributed by atoms with Crippen molar-refractivity contribution < 1.29 is 27.9 Å². The Hall–Kier alpha value is -3.17. The fraction of sp³-hybridized carbons (Fsp3) is 0.250. The molecule has 0 aliphatic heterocycles. The van der Waals surface area contributed by atoms with Gasteiger partial charge in [-0.1, -0.05) is 48.5 Å². The van der Waals surface area contributed by atoms with Gasteiger partial charge in [0.2, 0.25) is 0 Å². The van der Waals surface area contributed by atoms with Crippen LogP contribution < -0.4 is 10.6 Å². The van der Waals surface area contributed by atoms with Gasteiger partial charge in [0.05, 0.1) is 0 Å². The number of nitrogens with one attached hydrogen (secondary N) is 2. The predicted octanol–water partition coefficient (Wildman–Crippen LogP) is 4.96. The topological polar surface area (TPSA) is 78.4 Å². The zero-order valence-corrected chi connectivity index (χ0v) is 18.3. The first-order valence-corrected chi connectivity index (χ1v) is 11.1. The molecule has 1 amide bonds. The van der Waals surface area contributed by atoms with E-state index in [1.54, 1.807) is 11.3 Å². The summed E-state index contributed by atoms with van der Waals surface area (Å²) in [5.74, 6) is -2.22. The van der Waals surface area contributed by atoms with Crippen LogP contribution in [0.15, 0.2) is 72.1 Å². The highest BCUT2D eigenvalue weighted by atomic mass is 32.1. The van der Waals surface area contributed by atoms with Gasteiger partial charge in [0.1, 0.15) is 0 Å². The van der Waals surface area contributed by atoms with Gasteiger partial charge in [-0.25, -0.2) is 4.79 Å². The quantitative estimate of drug-likeness (QED) is 0.451. The van der Waals surface area contributed by atoms with E-state index >= 15 is 0 Å². The second-order valence-electron chi connectivity index (χ2n) is 7.50. The first-order valence-electron chi connectivity index (χ1n) is 10.2. The monoisotopic (exact) mass is 476 g/mol. The number of hydrogen-bond donors (Lipinski definition) is 3. The average Bonchev–Trinajstić information content (AvgIpc) is 3.39. The Morgan fingerprint density at radius 3 is 2.21 bits per heavy atom. The third-order valence-corrected chi connectivity index (χ3v) is 5.92. The molecule has 3 N–H and O–H groups in total.